The summed E-state index contributed by atoms with van der Waals surface area (Å²) in [5.41, 5.74) is 2.24. The average molecular weight is 516 g/mol. The molecule has 2 fully saturated rings. The highest BCUT2D eigenvalue weighted by molar-refractivity contribution is 7.91. The molecule has 1 amide bonds. The molecule has 7 heteroatoms. The predicted molar refractivity (Wildman–Crippen MR) is 138 cm³/mol. The highest BCUT2D eigenvalue weighted by Crippen LogP contribution is 2.49. The third kappa shape index (κ3) is 4.90. The first kappa shape index (κ1) is 24.8. The quantitative estimate of drug-likeness (QED) is 0.508. The lowest BCUT2D eigenvalue weighted by atomic mass is 9.83. The predicted octanol–water partition coefficient (Wildman–Crippen LogP) is 5.81. The molecule has 0 heterocycles. The number of fused-ring (bicyclic) bond motifs is 2. The van der Waals surface area contributed by atoms with E-state index in [2.05, 4.69) is 5.32 Å². The van der Waals surface area contributed by atoms with Crippen molar-refractivity contribution in [2.24, 2.45) is 29.6 Å². The van der Waals surface area contributed by atoms with Crippen LogP contribution in [0.2, 0.25) is 5.02 Å². The minimum atomic E-state index is -3.73. The van der Waals surface area contributed by atoms with E-state index in [0.29, 0.717) is 35.0 Å². The van der Waals surface area contributed by atoms with Crippen LogP contribution in [0.25, 0.3) is 0 Å². The van der Waals surface area contributed by atoms with Gasteiger partial charge in [-0.15, -0.1) is 0 Å². The minimum Gasteiger partial charge on any atom is -0.396 e. The maximum absolute atomic E-state index is 13.6. The highest BCUT2D eigenvalue weighted by atomic mass is 35.5. The maximum Gasteiger partial charge on any atom is 0.227 e. The monoisotopic (exact) mass is 515 g/mol. The van der Waals surface area contributed by atoms with Gasteiger partial charge in [-0.05, 0) is 90.8 Å². The SMILES string of the molecule is CC(C(=O)Nc1ccc2c(c1)C(S(=O)(=O)c1cccc(Cl)c1)CC(CO)C2)C1CC2CCCC2C1. The molecule has 0 aromatic heterocycles. The molecule has 0 saturated heterocycles. The van der Waals surface area contributed by atoms with Crippen molar-refractivity contribution in [1.82, 2.24) is 0 Å². The molecular formula is C28H34ClNO4S. The van der Waals surface area contributed by atoms with E-state index < -0.39 is 15.1 Å². The second-order valence-electron chi connectivity index (χ2n) is 10.9. The summed E-state index contributed by atoms with van der Waals surface area (Å²) in [5.74, 6) is 1.80. The van der Waals surface area contributed by atoms with Gasteiger partial charge in [-0.1, -0.05) is 49.9 Å². The molecule has 188 valence electrons. The number of rotatable bonds is 6. The van der Waals surface area contributed by atoms with Gasteiger partial charge < -0.3 is 10.4 Å². The number of benzene rings is 2. The van der Waals surface area contributed by atoms with E-state index in [1.54, 1.807) is 18.2 Å². The third-order valence-electron chi connectivity index (χ3n) is 8.72. The largest absolute Gasteiger partial charge is 0.396 e. The van der Waals surface area contributed by atoms with Crippen LogP contribution >= 0.6 is 11.6 Å². The molecule has 35 heavy (non-hydrogen) atoms. The Bertz CT molecular complexity index is 1200. The van der Waals surface area contributed by atoms with Crippen LogP contribution in [0, 0.1) is 29.6 Å². The first-order valence-electron chi connectivity index (χ1n) is 12.8. The number of aliphatic hydroxyl groups is 1. The number of nitrogens with one attached hydrogen (secondary N) is 1. The fourth-order valence-corrected chi connectivity index (χ4v) is 8.93. The van der Waals surface area contributed by atoms with Crippen LogP contribution in [0.1, 0.15) is 61.8 Å². The van der Waals surface area contributed by atoms with Crippen molar-refractivity contribution in [2.45, 2.75) is 62.0 Å². The van der Waals surface area contributed by atoms with E-state index in [-0.39, 0.29) is 29.2 Å². The minimum absolute atomic E-state index is 0.00761. The standard InChI is InChI=1S/C28H34ClNO4S/c1-17(22-12-19-4-2-5-20(19)13-22)28(32)30-24-9-8-21-10-18(16-31)11-27(26(21)15-24)35(33,34)25-7-3-6-23(29)14-25/h3,6-9,14-15,17-20,22,27,31H,2,4-5,10-13,16H2,1H3,(H,30,32). The zero-order chi connectivity index (χ0) is 24.7. The zero-order valence-electron chi connectivity index (χ0n) is 20.1. The third-order valence-corrected chi connectivity index (χ3v) is 11.1. The summed E-state index contributed by atoms with van der Waals surface area (Å²) in [6.07, 6.45) is 7.17. The lowest BCUT2D eigenvalue weighted by molar-refractivity contribution is -0.120. The van der Waals surface area contributed by atoms with Gasteiger partial charge in [0.2, 0.25) is 5.91 Å². The van der Waals surface area contributed by atoms with Gasteiger partial charge in [0.05, 0.1) is 10.1 Å². The molecule has 0 spiro atoms. The van der Waals surface area contributed by atoms with Crippen molar-refractivity contribution < 1.29 is 18.3 Å². The van der Waals surface area contributed by atoms with E-state index in [4.69, 9.17) is 11.6 Å². The molecule has 5 atom stereocenters. The number of amides is 1. The second kappa shape index (κ2) is 9.87. The molecule has 2 aromatic rings. The Morgan fingerprint density at radius 1 is 1.11 bits per heavy atom. The zero-order valence-corrected chi connectivity index (χ0v) is 21.7. The fraction of sp³-hybridized carbons (Fsp3) is 0.536. The fourth-order valence-electron chi connectivity index (χ4n) is 6.71. The molecule has 0 radical (unpaired) electrons. The number of aliphatic hydroxyl groups excluding tert-OH is 1. The highest BCUT2D eigenvalue weighted by Gasteiger charge is 2.41. The number of sulfone groups is 1. The Morgan fingerprint density at radius 2 is 1.86 bits per heavy atom. The molecule has 2 N–H and O–H groups in total. The van der Waals surface area contributed by atoms with Crippen molar-refractivity contribution in [3.8, 4) is 0 Å². The maximum atomic E-state index is 13.6. The van der Waals surface area contributed by atoms with Crippen molar-refractivity contribution in [3.63, 3.8) is 0 Å². The van der Waals surface area contributed by atoms with Crippen molar-refractivity contribution >= 4 is 33.0 Å². The van der Waals surface area contributed by atoms with Gasteiger partial charge in [0.15, 0.2) is 9.84 Å². The van der Waals surface area contributed by atoms with Crippen LogP contribution in [0.3, 0.4) is 0 Å². The number of halogens is 1. The van der Waals surface area contributed by atoms with E-state index in [1.807, 2.05) is 25.1 Å². The number of hydrogen-bond acceptors (Lipinski definition) is 4. The van der Waals surface area contributed by atoms with Crippen LogP contribution in [-0.2, 0) is 21.1 Å². The number of carbonyl (C=O) groups excluding carboxylic acids is 1. The first-order chi connectivity index (χ1) is 16.8. The smallest absolute Gasteiger partial charge is 0.227 e. The molecule has 3 aliphatic rings. The number of carbonyl (C=O) groups is 1. The average Bonchev–Trinajstić information content (AvgIpc) is 3.45. The molecule has 3 aliphatic carbocycles. The van der Waals surface area contributed by atoms with Crippen LogP contribution in [0.4, 0.5) is 5.69 Å². The van der Waals surface area contributed by atoms with E-state index in [1.165, 1.54) is 25.3 Å². The van der Waals surface area contributed by atoms with Gasteiger partial charge in [0.25, 0.3) is 0 Å². The molecule has 2 aromatic carbocycles. The van der Waals surface area contributed by atoms with Gasteiger partial charge in [-0.3, -0.25) is 4.79 Å². The van der Waals surface area contributed by atoms with Crippen LogP contribution in [-0.4, -0.2) is 26.0 Å². The Kier molecular flexibility index (Phi) is 6.99. The number of hydrogen-bond donors (Lipinski definition) is 2. The van der Waals surface area contributed by atoms with E-state index in [9.17, 15) is 18.3 Å². The van der Waals surface area contributed by atoms with Crippen molar-refractivity contribution in [3.05, 3.63) is 58.6 Å². The summed E-state index contributed by atoms with van der Waals surface area (Å²) >= 11 is 6.09. The summed E-state index contributed by atoms with van der Waals surface area (Å²) in [4.78, 5) is 13.3. The lowest BCUT2D eigenvalue weighted by Gasteiger charge is -2.31. The summed E-state index contributed by atoms with van der Waals surface area (Å²) in [6.45, 7) is 1.96. The van der Waals surface area contributed by atoms with E-state index in [0.717, 1.165) is 30.2 Å². The van der Waals surface area contributed by atoms with Crippen LogP contribution < -0.4 is 5.32 Å². The summed E-state index contributed by atoms with van der Waals surface area (Å²) < 4.78 is 27.3. The topological polar surface area (TPSA) is 83.5 Å². The van der Waals surface area contributed by atoms with Gasteiger partial charge in [-0.25, -0.2) is 8.42 Å². The summed E-state index contributed by atoms with van der Waals surface area (Å²) in [5, 5.41) is 12.5. The Morgan fingerprint density at radius 3 is 2.54 bits per heavy atom. The normalized spacial score (nSPS) is 28.8. The molecule has 5 rings (SSSR count). The molecular weight excluding hydrogens is 482 g/mol. The van der Waals surface area contributed by atoms with Gasteiger partial charge >= 0.3 is 0 Å². The van der Waals surface area contributed by atoms with Crippen LogP contribution in [0.5, 0.6) is 0 Å². The molecule has 5 unspecified atom stereocenters. The first-order valence-corrected chi connectivity index (χ1v) is 14.7. The molecule has 5 nitrogen and oxygen atoms in total. The number of anilines is 1. The lowest BCUT2D eigenvalue weighted by Crippen LogP contribution is -2.28. The van der Waals surface area contributed by atoms with Gasteiger partial charge in [0, 0.05) is 23.2 Å². The Labute approximate surface area is 213 Å². The van der Waals surface area contributed by atoms with Crippen molar-refractivity contribution in [2.75, 3.05) is 11.9 Å². The van der Waals surface area contributed by atoms with E-state index >= 15 is 0 Å². The van der Waals surface area contributed by atoms with Gasteiger partial charge in [-0.2, -0.15) is 0 Å². The Hall–Kier alpha value is -1.89. The molecule has 0 aliphatic heterocycles. The summed E-state index contributed by atoms with van der Waals surface area (Å²) in [7, 11) is -3.73. The van der Waals surface area contributed by atoms with Crippen molar-refractivity contribution in [1.29, 1.82) is 0 Å². The molecule has 2 saturated carbocycles. The van der Waals surface area contributed by atoms with Crippen LogP contribution in [0.15, 0.2) is 47.4 Å². The Balaban J connectivity index is 1.39. The molecule has 0 bridgehead atoms. The second-order valence-corrected chi connectivity index (χ2v) is 13.4. The summed E-state index contributed by atoms with van der Waals surface area (Å²) in [6, 6.07) is 11.9. The van der Waals surface area contributed by atoms with Gasteiger partial charge in [0.1, 0.15) is 0 Å².